The van der Waals surface area contributed by atoms with Gasteiger partial charge in [-0.15, -0.1) is 0 Å². The lowest BCUT2D eigenvalue weighted by Crippen LogP contribution is -2.29. The highest BCUT2D eigenvalue weighted by Gasteiger charge is 2.33. The second kappa shape index (κ2) is 16.0. The van der Waals surface area contributed by atoms with E-state index < -0.39 is 0 Å². The average Bonchev–Trinajstić information content (AvgIpc) is 3.72. The molecule has 1 heterocycles. The van der Waals surface area contributed by atoms with Gasteiger partial charge < -0.3 is 19.3 Å². The van der Waals surface area contributed by atoms with E-state index in [-0.39, 0.29) is 23.7 Å². The summed E-state index contributed by atoms with van der Waals surface area (Å²) in [6, 6.07) is 52.6. The van der Waals surface area contributed by atoms with Crippen molar-refractivity contribution in [1.29, 1.82) is 0 Å². The normalized spacial score (nSPS) is 15.1. The van der Waals surface area contributed by atoms with E-state index in [9.17, 15) is 0 Å². The minimum Gasteiger partial charge on any atom is -0.497 e. The van der Waals surface area contributed by atoms with Crippen LogP contribution >= 0.6 is 0 Å². The van der Waals surface area contributed by atoms with Crippen molar-refractivity contribution in [2.24, 2.45) is 0 Å². The molecule has 53 heavy (non-hydrogen) atoms. The molecule has 0 aromatic heterocycles. The fourth-order valence-corrected chi connectivity index (χ4v) is 8.23. The van der Waals surface area contributed by atoms with Gasteiger partial charge in [0.25, 0.3) is 0 Å². The Labute approximate surface area is 316 Å². The summed E-state index contributed by atoms with van der Waals surface area (Å²) in [5.74, 6) is 2.46. The molecule has 6 aromatic carbocycles. The molecule has 1 aliphatic heterocycles. The first-order valence-corrected chi connectivity index (χ1v) is 19.0. The van der Waals surface area contributed by atoms with Crippen molar-refractivity contribution in [2.45, 2.75) is 51.4 Å². The number of benzene rings is 6. The number of hydrogen-bond acceptors (Lipinski definition) is 4. The summed E-state index contributed by atoms with van der Waals surface area (Å²) < 4.78 is 12.0. The van der Waals surface area contributed by atoms with Gasteiger partial charge in [0, 0.05) is 48.1 Å². The maximum absolute atomic E-state index is 6.02. The van der Waals surface area contributed by atoms with Crippen LogP contribution in [-0.2, 0) is 0 Å². The fourth-order valence-electron chi connectivity index (χ4n) is 8.23. The number of nitrogens with zero attached hydrogens (tertiary/aromatic N) is 2. The van der Waals surface area contributed by atoms with E-state index in [1.165, 1.54) is 55.9 Å². The van der Waals surface area contributed by atoms with Crippen LogP contribution in [0.4, 0.5) is 11.4 Å². The van der Waals surface area contributed by atoms with Gasteiger partial charge >= 0.3 is 0 Å². The van der Waals surface area contributed by atoms with Gasteiger partial charge in [0.05, 0.1) is 20.9 Å². The van der Waals surface area contributed by atoms with Crippen LogP contribution in [0.2, 0.25) is 0 Å². The Kier molecular flexibility index (Phi) is 10.9. The molecule has 270 valence electrons. The van der Waals surface area contributed by atoms with Crippen molar-refractivity contribution in [3.05, 3.63) is 190 Å². The minimum atomic E-state index is 0.167. The lowest BCUT2D eigenvalue weighted by molar-refractivity contribution is 0.413. The number of hydrogen-bond donors (Lipinski definition) is 0. The van der Waals surface area contributed by atoms with Crippen LogP contribution in [0.15, 0.2) is 146 Å². The molecule has 7 rings (SSSR count). The quantitative estimate of drug-likeness (QED) is 0.127. The third kappa shape index (κ3) is 7.41. The Balaban J connectivity index is 1.39. The van der Waals surface area contributed by atoms with Crippen LogP contribution in [0.1, 0.15) is 95.9 Å². The Hall–Kier alpha value is -5.48. The molecule has 0 amide bonds. The molecule has 6 aromatic rings. The van der Waals surface area contributed by atoms with E-state index in [1.807, 2.05) is 0 Å². The SMILES string of the molecule is COc1cc(C(C)c2ccccc2)c(N2CCN(c3c(C(C)c4ccccc4)cc(OC)cc3C(C)c3ccccc3)C2)c(C(C)c2ccccc2)c1. The van der Waals surface area contributed by atoms with Crippen molar-refractivity contribution < 1.29 is 9.47 Å². The molecule has 1 aliphatic rings. The number of rotatable bonds is 12. The van der Waals surface area contributed by atoms with Gasteiger partial charge in [-0.2, -0.15) is 0 Å². The fraction of sp³-hybridized carbons (Fsp3) is 0.265. The third-order valence-electron chi connectivity index (χ3n) is 11.4. The van der Waals surface area contributed by atoms with E-state index in [1.54, 1.807) is 14.2 Å². The maximum atomic E-state index is 6.02. The largest absolute Gasteiger partial charge is 0.497 e. The smallest absolute Gasteiger partial charge is 0.119 e. The van der Waals surface area contributed by atoms with Gasteiger partial charge in [0.15, 0.2) is 0 Å². The number of methoxy groups -OCH3 is 2. The monoisotopic (exact) mass is 700 g/mol. The average molecular weight is 701 g/mol. The summed E-state index contributed by atoms with van der Waals surface area (Å²) in [7, 11) is 3.57. The molecule has 4 unspecified atom stereocenters. The Morgan fingerprint density at radius 2 is 0.642 bits per heavy atom. The highest BCUT2D eigenvalue weighted by atomic mass is 16.5. The predicted molar refractivity (Wildman–Crippen MR) is 221 cm³/mol. The zero-order valence-electron chi connectivity index (χ0n) is 32.0. The first-order valence-electron chi connectivity index (χ1n) is 19.0. The Morgan fingerprint density at radius 1 is 0.396 bits per heavy atom. The van der Waals surface area contributed by atoms with E-state index in [2.05, 4.69) is 183 Å². The first kappa shape index (κ1) is 35.9. The van der Waals surface area contributed by atoms with Gasteiger partial charge in [0.1, 0.15) is 11.5 Å². The lowest BCUT2D eigenvalue weighted by Gasteiger charge is -2.33. The Bertz CT molecular complexity index is 1810. The molecule has 4 nitrogen and oxygen atoms in total. The van der Waals surface area contributed by atoms with E-state index in [0.29, 0.717) is 0 Å². The van der Waals surface area contributed by atoms with Crippen molar-refractivity contribution >= 4 is 11.4 Å². The molecule has 0 aliphatic carbocycles. The second-order valence-corrected chi connectivity index (χ2v) is 14.5. The van der Waals surface area contributed by atoms with Crippen molar-refractivity contribution in [1.82, 2.24) is 0 Å². The zero-order valence-corrected chi connectivity index (χ0v) is 32.0. The molecular formula is C49H52N2O2. The van der Waals surface area contributed by atoms with Crippen molar-refractivity contribution in [3.8, 4) is 11.5 Å². The van der Waals surface area contributed by atoms with Gasteiger partial charge in [0.2, 0.25) is 0 Å². The van der Waals surface area contributed by atoms with Crippen LogP contribution in [0, 0.1) is 0 Å². The summed E-state index contributed by atoms with van der Waals surface area (Å²) in [5, 5.41) is 0. The molecule has 0 N–H and O–H groups in total. The van der Waals surface area contributed by atoms with Crippen LogP contribution in [-0.4, -0.2) is 34.0 Å². The van der Waals surface area contributed by atoms with Gasteiger partial charge in [-0.25, -0.2) is 0 Å². The number of ether oxygens (including phenoxy) is 2. The van der Waals surface area contributed by atoms with E-state index >= 15 is 0 Å². The molecule has 4 atom stereocenters. The standard InChI is InChI=1S/C49H52N2O2/c1-34(38-19-11-7-12-20-38)44-29-42(52-5)30-45(35(2)39-21-13-8-14-22-39)48(44)50-27-28-51(33-50)49-46(36(3)40-23-15-9-16-24-40)31-43(53-6)32-47(49)37(4)41-25-17-10-18-26-41/h7-26,29-32,34-37H,27-28,33H2,1-6H3. The molecule has 4 heteroatoms. The molecule has 1 fully saturated rings. The number of anilines is 2. The van der Waals surface area contributed by atoms with Crippen LogP contribution in [0.5, 0.6) is 11.5 Å². The molecule has 0 spiro atoms. The summed E-state index contributed by atoms with van der Waals surface area (Å²) in [6.45, 7) is 11.9. The Morgan fingerprint density at radius 3 is 0.868 bits per heavy atom. The summed E-state index contributed by atoms with van der Waals surface area (Å²) in [6.07, 6.45) is 0. The van der Waals surface area contributed by atoms with Crippen molar-refractivity contribution in [3.63, 3.8) is 0 Å². The van der Waals surface area contributed by atoms with Gasteiger partial charge in [-0.05, 0) is 68.8 Å². The highest BCUT2D eigenvalue weighted by molar-refractivity contribution is 5.72. The summed E-state index contributed by atoms with van der Waals surface area (Å²) in [4.78, 5) is 5.25. The van der Waals surface area contributed by atoms with Crippen LogP contribution < -0.4 is 19.3 Å². The zero-order chi connectivity index (χ0) is 36.9. The minimum absolute atomic E-state index is 0.167. The topological polar surface area (TPSA) is 24.9 Å². The predicted octanol–water partition coefficient (Wildman–Crippen LogP) is 11.6. The second-order valence-electron chi connectivity index (χ2n) is 14.5. The van der Waals surface area contributed by atoms with E-state index in [0.717, 1.165) is 31.3 Å². The lowest BCUT2D eigenvalue weighted by atomic mass is 9.84. The maximum Gasteiger partial charge on any atom is 0.119 e. The summed E-state index contributed by atoms with van der Waals surface area (Å²) in [5.41, 5.74) is 13.0. The van der Waals surface area contributed by atoms with Crippen LogP contribution in [0.25, 0.3) is 0 Å². The summed E-state index contributed by atoms with van der Waals surface area (Å²) >= 11 is 0. The van der Waals surface area contributed by atoms with E-state index in [4.69, 9.17) is 9.47 Å². The molecule has 0 bridgehead atoms. The molecule has 0 saturated carbocycles. The van der Waals surface area contributed by atoms with Crippen LogP contribution in [0.3, 0.4) is 0 Å². The highest BCUT2D eigenvalue weighted by Crippen LogP contribution is 2.47. The van der Waals surface area contributed by atoms with Gasteiger partial charge in [-0.1, -0.05) is 149 Å². The first-order chi connectivity index (χ1) is 25.9. The molecule has 1 saturated heterocycles. The third-order valence-corrected chi connectivity index (χ3v) is 11.4. The van der Waals surface area contributed by atoms with Gasteiger partial charge in [-0.3, -0.25) is 0 Å². The molecule has 0 radical (unpaired) electrons. The van der Waals surface area contributed by atoms with Crippen molar-refractivity contribution in [2.75, 3.05) is 43.8 Å². The molecular weight excluding hydrogens is 649 g/mol.